The van der Waals surface area contributed by atoms with Crippen LogP contribution in [0.15, 0.2) is 30.3 Å². The molecule has 0 saturated carbocycles. The molecular formula is C17H21NOS. The van der Waals surface area contributed by atoms with Crippen LogP contribution in [0, 0.1) is 6.92 Å². The molecule has 0 bridgehead atoms. The Morgan fingerprint density at radius 2 is 2.15 bits per heavy atom. The third-order valence-electron chi connectivity index (χ3n) is 4.07. The van der Waals surface area contributed by atoms with Crippen LogP contribution in [0.4, 0.5) is 0 Å². The largest absolute Gasteiger partial charge is 0.497 e. The number of hydrogen-bond acceptors (Lipinski definition) is 3. The lowest BCUT2D eigenvalue weighted by atomic mass is 10.1. The highest BCUT2D eigenvalue weighted by Crippen LogP contribution is 2.36. The monoisotopic (exact) mass is 287 g/mol. The zero-order valence-corrected chi connectivity index (χ0v) is 13.1. The van der Waals surface area contributed by atoms with Crippen molar-refractivity contribution in [3.05, 3.63) is 51.2 Å². The molecule has 2 aromatic rings. The molecule has 0 aliphatic heterocycles. The van der Waals surface area contributed by atoms with Gasteiger partial charge in [0.25, 0.3) is 0 Å². The summed E-state index contributed by atoms with van der Waals surface area (Å²) in [5, 5.41) is 3.77. The van der Waals surface area contributed by atoms with Gasteiger partial charge in [0.2, 0.25) is 0 Å². The van der Waals surface area contributed by atoms with E-state index in [4.69, 9.17) is 4.74 Å². The Bertz CT molecular complexity index is 605. The van der Waals surface area contributed by atoms with Gasteiger partial charge >= 0.3 is 0 Å². The zero-order valence-electron chi connectivity index (χ0n) is 12.3. The van der Waals surface area contributed by atoms with Crippen molar-refractivity contribution in [3.63, 3.8) is 0 Å². The number of fused-ring (bicyclic) bond motifs is 1. The maximum absolute atomic E-state index is 5.36. The minimum absolute atomic E-state index is 0.399. The number of ether oxygens (including phenoxy) is 1. The summed E-state index contributed by atoms with van der Waals surface area (Å²) in [7, 11) is 1.73. The van der Waals surface area contributed by atoms with Crippen molar-refractivity contribution in [2.75, 3.05) is 7.11 Å². The van der Waals surface area contributed by atoms with E-state index in [0.29, 0.717) is 12.1 Å². The number of aryl methyl sites for hydroxylation is 2. The number of benzene rings is 1. The highest BCUT2D eigenvalue weighted by Gasteiger charge is 2.24. The normalized spacial score (nSPS) is 18.9. The molecule has 2 unspecified atom stereocenters. The Kier molecular flexibility index (Phi) is 3.81. The van der Waals surface area contributed by atoms with Gasteiger partial charge in [-0.05, 0) is 62.1 Å². The second-order valence-electron chi connectivity index (χ2n) is 5.49. The molecule has 1 aromatic carbocycles. The van der Waals surface area contributed by atoms with Crippen molar-refractivity contribution in [2.24, 2.45) is 0 Å². The topological polar surface area (TPSA) is 21.3 Å². The molecule has 106 valence electrons. The first-order valence-corrected chi connectivity index (χ1v) is 7.98. The van der Waals surface area contributed by atoms with Crippen molar-refractivity contribution >= 4 is 11.3 Å². The molecule has 1 N–H and O–H groups in total. The summed E-state index contributed by atoms with van der Waals surface area (Å²) in [5.41, 5.74) is 2.86. The van der Waals surface area contributed by atoms with E-state index in [2.05, 4.69) is 49.5 Å². The summed E-state index contributed by atoms with van der Waals surface area (Å²) in [6.07, 6.45) is 2.34. The van der Waals surface area contributed by atoms with Crippen molar-refractivity contribution < 1.29 is 4.74 Å². The van der Waals surface area contributed by atoms with Crippen LogP contribution in [-0.4, -0.2) is 7.11 Å². The van der Waals surface area contributed by atoms with Crippen LogP contribution in [0.2, 0.25) is 0 Å². The minimum atomic E-state index is 0.399. The molecular weight excluding hydrogens is 266 g/mol. The summed E-state index contributed by atoms with van der Waals surface area (Å²) < 4.78 is 5.36. The summed E-state index contributed by atoms with van der Waals surface area (Å²) >= 11 is 1.88. The molecule has 1 heterocycles. The van der Waals surface area contributed by atoms with Gasteiger partial charge in [0.1, 0.15) is 5.75 Å². The lowest BCUT2D eigenvalue weighted by Gasteiger charge is -2.20. The standard InChI is InChI=1S/C17H21NOS/c1-11-4-9-17(20-11)12(2)18-16-8-6-13-5-7-14(19-3)10-15(13)16/h4-5,7,9-10,12,16,18H,6,8H2,1-3H3. The number of thiophene rings is 1. The van der Waals surface area contributed by atoms with Crippen LogP contribution in [0.5, 0.6) is 5.75 Å². The van der Waals surface area contributed by atoms with Crippen LogP contribution in [-0.2, 0) is 6.42 Å². The van der Waals surface area contributed by atoms with E-state index in [1.165, 1.54) is 27.3 Å². The first kappa shape index (κ1) is 13.7. The van der Waals surface area contributed by atoms with Gasteiger partial charge in [0.15, 0.2) is 0 Å². The van der Waals surface area contributed by atoms with Crippen LogP contribution in [0.1, 0.15) is 46.3 Å². The average Bonchev–Trinajstić information content (AvgIpc) is 3.05. The first-order chi connectivity index (χ1) is 9.67. The first-order valence-electron chi connectivity index (χ1n) is 7.16. The lowest BCUT2D eigenvalue weighted by Crippen LogP contribution is -2.22. The molecule has 3 heteroatoms. The Morgan fingerprint density at radius 3 is 2.85 bits per heavy atom. The van der Waals surface area contributed by atoms with Gasteiger partial charge in [-0.3, -0.25) is 0 Å². The smallest absolute Gasteiger partial charge is 0.119 e. The quantitative estimate of drug-likeness (QED) is 0.899. The van der Waals surface area contributed by atoms with Crippen molar-refractivity contribution in [1.29, 1.82) is 0 Å². The molecule has 1 aromatic heterocycles. The molecule has 0 fully saturated rings. The number of hydrogen-bond donors (Lipinski definition) is 1. The maximum Gasteiger partial charge on any atom is 0.119 e. The van der Waals surface area contributed by atoms with Crippen LogP contribution in [0.3, 0.4) is 0 Å². The van der Waals surface area contributed by atoms with Crippen molar-refractivity contribution in [1.82, 2.24) is 5.32 Å². The van der Waals surface area contributed by atoms with Crippen LogP contribution < -0.4 is 10.1 Å². The molecule has 1 aliphatic carbocycles. The highest BCUT2D eigenvalue weighted by atomic mass is 32.1. The van der Waals surface area contributed by atoms with Crippen molar-refractivity contribution in [3.8, 4) is 5.75 Å². The second-order valence-corrected chi connectivity index (χ2v) is 6.81. The van der Waals surface area contributed by atoms with E-state index >= 15 is 0 Å². The Hall–Kier alpha value is -1.32. The third-order valence-corrected chi connectivity index (χ3v) is 5.25. The molecule has 0 saturated heterocycles. The van der Waals surface area contributed by atoms with Gasteiger partial charge < -0.3 is 10.1 Å². The molecule has 0 radical (unpaired) electrons. The van der Waals surface area contributed by atoms with Crippen LogP contribution in [0.25, 0.3) is 0 Å². The van der Waals surface area contributed by atoms with Crippen molar-refractivity contribution in [2.45, 2.75) is 38.8 Å². The third kappa shape index (κ3) is 2.60. The van der Waals surface area contributed by atoms with Gasteiger partial charge in [-0.25, -0.2) is 0 Å². The fraction of sp³-hybridized carbons (Fsp3) is 0.412. The van der Waals surface area contributed by atoms with E-state index in [0.717, 1.165) is 12.2 Å². The SMILES string of the molecule is COc1ccc2c(c1)C(NC(C)c1ccc(C)s1)CC2. The van der Waals surface area contributed by atoms with E-state index in [9.17, 15) is 0 Å². The predicted molar refractivity (Wildman–Crippen MR) is 84.7 cm³/mol. The highest BCUT2D eigenvalue weighted by molar-refractivity contribution is 7.12. The molecule has 20 heavy (non-hydrogen) atoms. The number of nitrogens with one attached hydrogen (secondary N) is 1. The molecule has 2 nitrogen and oxygen atoms in total. The fourth-order valence-corrected chi connectivity index (χ4v) is 3.84. The Morgan fingerprint density at radius 1 is 1.30 bits per heavy atom. The molecule has 2 atom stereocenters. The summed E-state index contributed by atoms with van der Waals surface area (Å²) in [6, 6.07) is 11.7. The Labute approximate surface area is 124 Å². The van der Waals surface area contributed by atoms with E-state index < -0.39 is 0 Å². The number of rotatable bonds is 4. The summed E-state index contributed by atoms with van der Waals surface area (Å²) in [4.78, 5) is 2.79. The Balaban J connectivity index is 1.77. The molecule has 1 aliphatic rings. The van der Waals surface area contributed by atoms with Gasteiger partial charge in [0, 0.05) is 21.8 Å². The van der Waals surface area contributed by atoms with E-state index in [-0.39, 0.29) is 0 Å². The second kappa shape index (κ2) is 5.58. The predicted octanol–water partition coefficient (Wildman–Crippen LogP) is 4.40. The van der Waals surface area contributed by atoms with Crippen LogP contribution >= 0.6 is 11.3 Å². The van der Waals surface area contributed by atoms with Gasteiger partial charge in [0.05, 0.1) is 7.11 Å². The van der Waals surface area contributed by atoms with E-state index in [1.807, 2.05) is 11.3 Å². The summed E-state index contributed by atoms with van der Waals surface area (Å²) in [6.45, 7) is 4.42. The zero-order chi connectivity index (χ0) is 14.1. The molecule has 0 amide bonds. The minimum Gasteiger partial charge on any atom is -0.497 e. The maximum atomic E-state index is 5.36. The van der Waals surface area contributed by atoms with Gasteiger partial charge in [-0.2, -0.15) is 0 Å². The average molecular weight is 287 g/mol. The molecule has 3 rings (SSSR count). The number of methoxy groups -OCH3 is 1. The van der Waals surface area contributed by atoms with Gasteiger partial charge in [-0.1, -0.05) is 6.07 Å². The molecule has 0 spiro atoms. The summed E-state index contributed by atoms with van der Waals surface area (Å²) in [5.74, 6) is 0.956. The fourth-order valence-electron chi connectivity index (χ4n) is 2.95. The van der Waals surface area contributed by atoms with Gasteiger partial charge in [-0.15, -0.1) is 11.3 Å². The lowest BCUT2D eigenvalue weighted by molar-refractivity contribution is 0.412. The van der Waals surface area contributed by atoms with E-state index in [1.54, 1.807) is 7.11 Å².